The lowest BCUT2D eigenvalue weighted by atomic mass is 9.97. The minimum atomic E-state index is -4.51. The fraction of sp³-hybridized carbons (Fsp3) is 0.0526. The van der Waals surface area contributed by atoms with E-state index in [1.807, 2.05) is 0 Å². The van der Waals surface area contributed by atoms with Crippen LogP contribution in [0.25, 0.3) is 11.1 Å². The molecular weight excluding hydrogens is 343 g/mol. The molecule has 0 aliphatic rings. The van der Waals surface area contributed by atoms with Gasteiger partial charge in [0.1, 0.15) is 0 Å². The number of carbonyl (C=O) groups is 1. The zero-order valence-corrected chi connectivity index (χ0v) is 13.4. The van der Waals surface area contributed by atoms with Crippen LogP contribution in [0.3, 0.4) is 0 Å². The predicted octanol–water partition coefficient (Wildman–Crippen LogP) is 4.91. The zero-order chi connectivity index (χ0) is 18.7. The maximum absolute atomic E-state index is 13.1. The highest BCUT2D eigenvalue weighted by Gasteiger charge is 2.31. The number of alkyl halides is 3. The molecule has 0 radical (unpaired) electrons. The Balaban J connectivity index is 2.18. The van der Waals surface area contributed by atoms with Crippen LogP contribution in [0.4, 0.5) is 30.4 Å². The van der Waals surface area contributed by atoms with E-state index in [1.54, 1.807) is 36.4 Å². The number of anilines is 3. The Morgan fingerprint density at radius 2 is 1.77 bits per heavy atom. The molecule has 0 fully saturated rings. The Hall–Kier alpha value is -3.35. The van der Waals surface area contributed by atoms with Crippen molar-refractivity contribution in [3.8, 4) is 11.1 Å². The van der Waals surface area contributed by atoms with Crippen LogP contribution in [-0.4, -0.2) is 11.3 Å². The number of carbonyl (C=O) groups excluding carboxylic acids is 1. The average molecular weight is 357 g/mol. The summed E-state index contributed by atoms with van der Waals surface area (Å²) in [4.78, 5) is 15.4. The van der Waals surface area contributed by atoms with Crippen LogP contribution in [-0.2, 0) is 6.18 Å². The minimum absolute atomic E-state index is 0.152. The first-order valence-corrected chi connectivity index (χ1v) is 7.63. The normalized spacial score (nSPS) is 11.2. The van der Waals surface area contributed by atoms with Crippen molar-refractivity contribution in [2.45, 2.75) is 6.18 Å². The first-order valence-electron chi connectivity index (χ1n) is 7.63. The first kappa shape index (κ1) is 17.5. The van der Waals surface area contributed by atoms with E-state index in [-0.39, 0.29) is 11.5 Å². The molecule has 4 nitrogen and oxygen atoms in total. The molecule has 1 aromatic heterocycles. The molecule has 132 valence electrons. The van der Waals surface area contributed by atoms with Crippen molar-refractivity contribution < 1.29 is 18.0 Å². The van der Waals surface area contributed by atoms with E-state index in [4.69, 9.17) is 5.73 Å². The monoisotopic (exact) mass is 357 g/mol. The van der Waals surface area contributed by atoms with E-state index in [0.717, 1.165) is 12.1 Å². The number of nitrogens with two attached hydrogens (primary N) is 1. The Kier molecular flexibility index (Phi) is 4.62. The van der Waals surface area contributed by atoms with Crippen LogP contribution < -0.4 is 11.1 Å². The highest BCUT2D eigenvalue weighted by atomic mass is 19.4. The molecule has 0 aliphatic carbocycles. The van der Waals surface area contributed by atoms with Crippen molar-refractivity contribution in [3.63, 3.8) is 0 Å². The maximum Gasteiger partial charge on any atom is 0.416 e. The molecule has 3 rings (SSSR count). The Labute approximate surface area is 147 Å². The third kappa shape index (κ3) is 3.51. The molecule has 3 N–H and O–H groups in total. The fourth-order valence-electron chi connectivity index (χ4n) is 2.55. The number of halogens is 3. The second kappa shape index (κ2) is 6.87. The maximum atomic E-state index is 13.1. The number of pyridine rings is 1. The van der Waals surface area contributed by atoms with Gasteiger partial charge < -0.3 is 11.1 Å². The number of rotatable bonds is 4. The minimum Gasteiger partial charge on any atom is -0.396 e. The molecule has 7 heteroatoms. The molecular formula is C19H14F3N3O. The molecule has 0 aliphatic heterocycles. The summed E-state index contributed by atoms with van der Waals surface area (Å²) >= 11 is 0. The third-order valence-electron chi connectivity index (χ3n) is 3.82. The molecule has 0 spiro atoms. The van der Waals surface area contributed by atoms with Crippen LogP contribution in [0.5, 0.6) is 0 Å². The van der Waals surface area contributed by atoms with Gasteiger partial charge in [-0.05, 0) is 29.8 Å². The predicted molar refractivity (Wildman–Crippen MR) is 94.2 cm³/mol. The van der Waals surface area contributed by atoms with Gasteiger partial charge in [-0.25, -0.2) is 4.98 Å². The van der Waals surface area contributed by atoms with E-state index in [0.29, 0.717) is 28.7 Å². The van der Waals surface area contributed by atoms with Crippen LogP contribution in [0.1, 0.15) is 15.9 Å². The molecule has 0 bridgehead atoms. The first-order chi connectivity index (χ1) is 12.4. The van der Waals surface area contributed by atoms with E-state index >= 15 is 0 Å². The molecule has 2 aromatic carbocycles. The molecule has 0 saturated heterocycles. The van der Waals surface area contributed by atoms with Crippen LogP contribution in [0.2, 0.25) is 0 Å². The second-order valence-electron chi connectivity index (χ2n) is 5.53. The lowest BCUT2D eigenvalue weighted by molar-refractivity contribution is -0.137. The van der Waals surface area contributed by atoms with E-state index in [2.05, 4.69) is 10.3 Å². The van der Waals surface area contributed by atoms with Gasteiger partial charge in [0.05, 0.1) is 11.3 Å². The number of nitrogens with zero attached hydrogens (tertiary/aromatic N) is 1. The summed E-state index contributed by atoms with van der Waals surface area (Å²) < 4.78 is 39.4. The van der Waals surface area contributed by atoms with E-state index in [9.17, 15) is 18.0 Å². The number of nitrogens with one attached hydrogen (secondary N) is 1. The summed E-state index contributed by atoms with van der Waals surface area (Å²) in [5.74, 6) is 0.233. The molecule has 1 heterocycles. The molecule has 0 unspecified atom stereocenters. The van der Waals surface area contributed by atoms with Gasteiger partial charge in [-0.2, -0.15) is 13.2 Å². The molecule has 26 heavy (non-hydrogen) atoms. The van der Waals surface area contributed by atoms with Gasteiger partial charge in [-0.1, -0.05) is 30.3 Å². The Morgan fingerprint density at radius 1 is 1.00 bits per heavy atom. The highest BCUT2D eigenvalue weighted by Crippen LogP contribution is 2.38. The standard InChI is InChI=1S/C19H14F3N3O/c20-19(21,22)13-7-8-15(14-5-2-1-4-12(14)11-26)17(10-13)25-18-16(23)6-3-9-24-18/h1-11H,23H2,(H,24,25). The molecule has 3 aromatic rings. The number of hydrogen-bond donors (Lipinski definition) is 2. The van der Waals surface area contributed by atoms with Crippen molar-refractivity contribution in [1.29, 1.82) is 0 Å². The smallest absolute Gasteiger partial charge is 0.396 e. The lowest BCUT2D eigenvalue weighted by Gasteiger charge is -2.17. The summed E-state index contributed by atoms with van der Waals surface area (Å²) in [5.41, 5.74) is 6.77. The van der Waals surface area contributed by atoms with Crippen molar-refractivity contribution in [1.82, 2.24) is 4.98 Å². The molecule has 0 atom stereocenters. The molecule has 0 saturated carbocycles. The van der Waals surface area contributed by atoms with E-state index < -0.39 is 11.7 Å². The van der Waals surface area contributed by atoms with Gasteiger partial charge in [0.15, 0.2) is 12.1 Å². The number of aromatic nitrogens is 1. The van der Waals surface area contributed by atoms with Crippen molar-refractivity contribution in [2.24, 2.45) is 0 Å². The Morgan fingerprint density at radius 3 is 2.46 bits per heavy atom. The van der Waals surface area contributed by atoms with Crippen molar-refractivity contribution >= 4 is 23.5 Å². The van der Waals surface area contributed by atoms with Crippen LogP contribution in [0.15, 0.2) is 60.8 Å². The second-order valence-corrected chi connectivity index (χ2v) is 5.53. The van der Waals surface area contributed by atoms with Gasteiger partial charge in [-0.15, -0.1) is 0 Å². The quantitative estimate of drug-likeness (QED) is 0.651. The summed E-state index contributed by atoms with van der Waals surface area (Å²) in [6.45, 7) is 0. The van der Waals surface area contributed by atoms with Gasteiger partial charge in [0.25, 0.3) is 0 Å². The van der Waals surface area contributed by atoms with Gasteiger partial charge in [0.2, 0.25) is 0 Å². The summed E-state index contributed by atoms with van der Waals surface area (Å²) in [5, 5.41) is 2.85. The van der Waals surface area contributed by atoms with Crippen molar-refractivity contribution in [3.05, 3.63) is 71.9 Å². The van der Waals surface area contributed by atoms with Crippen molar-refractivity contribution in [2.75, 3.05) is 11.1 Å². The average Bonchev–Trinajstić information content (AvgIpc) is 2.63. The Bertz CT molecular complexity index is 955. The number of aldehydes is 1. The topological polar surface area (TPSA) is 68.0 Å². The fourth-order valence-corrected chi connectivity index (χ4v) is 2.55. The SMILES string of the molecule is Nc1cccnc1Nc1cc(C(F)(F)F)ccc1-c1ccccc1C=O. The zero-order valence-electron chi connectivity index (χ0n) is 13.4. The highest BCUT2D eigenvalue weighted by molar-refractivity contribution is 5.92. The third-order valence-corrected chi connectivity index (χ3v) is 3.82. The van der Waals surface area contributed by atoms with Gasteiger partial charge >= 0.3 is 6.18 Å². The summed E-state index contributed by atoms with van der Waals surface area (Å²) in [6, 6.07) is 13.1. The largest absolute Gasteiger partial charge is 0.416 e. The lowest BCUT2D eigenvalue weighted by Crippen LogP contribution is -2.07. The summed E-state index contributed by atoms with van der Waals surface area (Å²) in [7, 11) is 0. The van der Waals surface area contributed by atoms with Crippen LogP contribution >= 0.6 is 0 Å². The number of nitrogen functional groups attached to an aromatic ring is 1. The number of benzene rings is 2. The summed E-state index contributed by atoms with van der Waals surface area (Å²) in [6.07, 6.45) is -2.37. The molecule has 0 amide bonds. The number of hydrogen-bond acceptors (Lipinski definition) is 4. The van der Waals surface area contributed by atoms with E-state index in [1.165, 1.54) is 12.3 Å². The van der Waals surface area contributed by atoms with Crippen LogP contribution in [0, 0.1) is 0 Å². The van der Waals surface area contributed by atoms with Gasteiger partial charge in [-0.3, -0.25) is 4.79 Å². The van der Waals surface area contributed by atoms with Gasteiger partial charge in [0, 0.05) is 23.0 Å².